The summed E-state index contributed by atoms with van der Waals surface area (Å²) in [5.41, 5.74) is 1.76. The van der Waals surface area contributed by atoms with E-state index in [9.17, 15) is 9.90 Å². The molecule has 5 rings (SSSR count). The van der Waals surface area contributed by atoms with E-state index in [-0.39, 0.29) is 6.10 Å². The Bertz CT molecular complexity index is 1530. The molecule has 10 heteroatoms. The lowest BCUT2D eigenvalue weighted by Gasteiger charge is -2.33. The van der Waals surface area contributed by atoms with Crippen molar-refractivity contribution < 1.29 is 19.4 Å². The highest BCUT2D eigenvalue weighted by molar-refractivity contribution is 5.74. The number of anilines is 3. The summed E-state index contributed by atoms with van der Waals surface area (Å²) in [7, 11) is 0. The van der Waals surface area contributed by atoms with Gasteiger partial charge in [0.2, 0.25) is 5.95 Å². The topological polar surface area (TPSA) is 123 Å². The fourth-order valence-corrected chi connectivity index (χ4v) is 4.92. The standard InChI is InChI=1S/C32H36N6O4/c1-4-41-26-13-7-16-33-29(26)42-24-11-8-18-38(21-24)28-15-17-34-31(37-28)36-27-14-6-12-25(35-27)23-10-5-9-22(19-23)20-32(2,3)30(39)40/h5-7,9-10,12-17,19,24H,4,8,11,18,20-21H2,1-3H3,(H,39,40)(H,34,35,36,37)/t24-/m1/s1. The molecule has 1 aromatic carbocycles. The van der Waals surface area contributed by atoms with Crippen molar-refractivity contribution in [1.82, 2.24) is 19.9 Å². The molecule has 42 heavy (non-hydrogen) atoms. The minimum atomic E-state index is -0.858. The van der Waals surface area contributed by atoms with Crippen molar-refractivity contribution in [1.29, 1.82) is 0 Å². The van der Waals surface area contributed by atoms with Gasteiger partial charge in [-0.2, -0.15) is 4.98 Å². The summed E-state index contributed by atoms with van der Waals surface area (Å²) in [6.07, 6.45) is 5.70. The van der Waals surface area contributed by atoms with E-state index < -0.39 is 11.4 Å². The molecule has 1 aliphatic heterocycles. The van der Waals surface area contributed by atoms with E-state index in [1.807, 2.05) is 67.6 Å². The number of carboxylic acids is 1. The number of piperidine rings is 1. The summed E-state index contributed by atoms with van der Waals surface area (Å²) in [4.78, 5) is 32.1. The number of carbonyl (C=O) groups is 1. The average Bonchev–Trinajstić information content (AvgIpc) is 2.99. The second-order valence-corrected chi connectivity index (χ2v) is 10.9. The van der Waals surface area contributed by atoms with Crippen LogP contribution in [0, 0.1) is 5.41 Å². The molecule has 0 aliphatic carbocycles. The minimum absolute atomic E-state index is 0.0468. The number of nitrogens with one attached hydrogen (secondary N) is 1. The Hall–Kier alpha value is -4.73. The number of ether oxygens (including phenoxy) is 2. The molecule has 1 aliphatic rings. The second-order valence-electron chi connectivity index (χ2n) is 10.9. The molecule has 218 valence electrons. The van der Waals surface area contributed by atoms with E-state index in [1.54, 1.807) is 26.2 Å². The number of carboxylic acid groups (broad SMARTS) is 1. The third-order valence-electron chi connectivity index (χ3n) is 7.09. The fraction of sp³-hybridized carbons (Fsp3) is 0.344. The highest BCUT2D eigenvalue weighted by Crippen LogP contribution is 2.29. The van der Waals surface area contributed by atoms with Crippen molar-refractivity contribution in [2.24, 2.45) is 5.41 Å². The zero-order valence-corrected chi connectivity index (χ0v) is 24.2. The first kappa shape index (κ1) is 28.8. The molecule has 0 saturated carbocycles. The minimum Gasteiger partial charge on any atom is -0.488 e. The molecule has 3 aromatic heterocycles. The zero-order chi connectivity index (χ0) is 29.5. The van der Waals surface area contributed by atoms with E-state index in [2.05, 4.69) is 20.2 Å². The summed E-state index contributed by atoms with van der Waals surface area (Å²) in [6.45, 7) is 7.48. The second kappa shape index (κ2) is 12.8. The SMILES string of the molecule is CCOc1cccnc1O[C@@H]1CCCN(c2ccnc(Nc3cccc(-c4cccc(CC(C)(C)C(=O)O)c4)n3)n2)C1. The predicted molar refractivity (Wildman–Crippen MR) is 161 cm³/mol. The molecule has 1 atom stereocenters. The van der Waals surface area contributed by atoms with Gasteiger partial charge in [-0.1, -0.05) is 24.3 Å². The van der Waals surface area contributed by atoms with Crippen LogP contribution in [0.25, 0.3) is 11.3 Å². The van der Waals surface area contributed by atoms with Gasteiger partial charge in [-0.25, -0.2) is 15.0 Å². The maximum atomic E-state index is 11.6. The van der Waals surface area contributed by atoms with Crippen molar-refractivity contribution in [2.45, 2.75) is 46.1 Å². The van der Waals surface area contributed by atoms with Crippen molar-refractivity contribution in [3.8, 4) is 22.9 Å². The van der Waals surface area contributed by atoms with Gasteiger partial charge < -0.3 is 24.8 Å². The molecule has 2 N–H and O–H groups in total. The van der Waals surface area contributed by atoms with Crippen LogP contribution in [0.5, 0.6) is 11.6 Å². The third-order valence-corrected chi connectivity index (χ3v) is 7.09. The Morgan fingerprint density at radius 1 is 1.07 bits per heavy atom. The number of benzene rings is 1. The monoisotopic (exact) mass is 568 g/mol. The molecular formula is C32H36N6O4. The van der Waals surface area contributed by atoms with Gasteiger partial charge >= 0.3 is 5.97 Å². The van der Waals surface area contributed by atoms with Crippen LogP contribution in [0.4, 0.5) is 17.6 Å². The Kier molecular flexibility index (Phi) is 8.80. The summed E-state index contributed by atoms with van der Waals surface area (Å²) in [5, 5.41) is 12.8. The van der Waals surface area contributed by atoms with Crippen LogP contribution in [0.2, 0.25) is 0 Å². The number of pyridine rings is 2. The fourth-order valence-electron chi connectivity index (χ4n) is 4.92. The lowest BCUT2D eigenvalue weighted by Crippen LogP contribution is -2.41. The van der Waals surface area contributed by atoms with Gasteiger partial charge in [0, 0.05) is 24.5 Å². The van der Waals surface area contributed by atoms with Gasteiger partial charge in [-0.15, -0.1) is 0 Å². The van der Waals surface area contributed by atoms with Crippen LogP contribution >= 0.6 is 0 Å². The summed E-state index contributed by atoms with van der Waals surface area (Å²) >= 11 is 0. The van der Waals surface area contributed by atoms with Gasteiger partial charge in [0.05, 0.1) is 24.3 Å². The smallest absolute Gasteiger partial charge is 0.309 e. The summed E-state index contributed by atoms with van der Waals surface area (Å²) < 4.78 is 11.9. The predicted octanol–water partition coefficient (Wildman–Crippen LogP) is 5.78. The van der Waals surface area contributed by atoms with E-state index in [0.29, 0.717) is 43.0 Å². The largest absolute Gasteiger partial charge is 0.488 e. The molecule has 1 fully saturated rings. The summed E-state index contributed by atoms with van der Waals surface area (Å²) in [5.74, 6) is 2.20. The number of aliphatic carboxylic acids is 1. The van der Waals surface area contributed by atoms with Gasteiger partial charge in [-0.05, 0) is 82.0 Å². The first-order valence-corrected chi connectivity index (χ1v) is 14.2. The van der Waals surface area contributed by atoms with Gasteiger partial charge in [0.15, 0.2) is 5.75 Å². The summed E-state index contributed by atoms with van der Waals surface area (Å²) in [6, 6.07) is 19.2. The number of nitrogens with zero attached hydrogens (tertiary/aromatic N) is 5. The molecule has 4 heterocycles. The van der Waals surface area contributed by atoms with Gasteiger partial charge in [-0.3, -0.25) is 4.79 Å². The van der Waals surface area contributed by atoms with Crippen LogP contribution < -0.4 is 19.7 Å². The first-order valence-electron chi connectivity index (χ1n) is 14.2. The van der Waals surface area contributed by atoms with Crippen LogP contribution in [-0.2, 0) is 11.2 Å². The molecule has 0 unspecified atom stereocenters. The maximum absolute atomic E-state index is 11.6. The van der Waals surface area contributed by atoms with Gasteiger partial charge in [0.25, 0.3) is 5.88 Å². The van der Waals surface area contributed by atoms with E-state index in [1.165, 1.54) is 0 Å². The highest BCUT2D eigenvalue weighted by Gasteiger charge is 2.27. The third kappa shape index (κ3) is 7.12. The normalized spacial score (nSPS) is 15.2. The highest BCUT2D eigenvalue weighted by atomic mass is 16.5. The Labute approximate surface area is 245 Å². The Morgan fingerprint density at radius 2 is 1.93 bits per heavy atom. The van der Waals surface area contributed by atoms with Crippen LogP contribution in [0.15, 0.2) is 73.1 Å². The number of hydrogen-bond acceptors (Lipinski definition) is 9. The Balaban J connectivity index is 1.27. The number of rotatable bonds is 11. The number of aromatic nitrogens is 4. The van der Waals surface area contributed by atoms with Crippen molar-refractivity contribution in [3.05, 3.63) is 78.6 Å². The van der Waals surface area contributed by atoms with Crippen LogP contribution in [-0.4, -0.2) is 56.8 Å². The van der Waals surface area contributed by atoms with Crippen LogP contribution in [0.1, 0.15) is 39.2 Å². The molecule has 0 bridgehead atoms. The van der Waals surface area contributed by atoms with E-state index in [0.717, 1.165) is 42.0 Å². The van der Waals surface area contributed by atoms with E-state index in [4.69, 9.17) is 19.4 Å². The van der Waals surface area contributed by atoms with Crippen molar-refractivity contribution in [2.75, 3.05) is 29.9 Å². The molecule has 0 spiro atoms. The van der Waals surface area contributed by atoms with Gasteiger partial charge in [0.1, 0.15) is 17.7 Å². The van der Waals surface area contributed by atoms with Crippen LogP contribution in [0.3, 0.4) is 0 Å². The van der Waals surface area contributed by atoms with E-state index >= 15 is 0 Å². The molecule has 10 nitrogen and oxygen atoms in total. The lowest BCUT2D eigenvalue weighted by atomic mass is 9.85. The molecule has 0 amide bonds. The van der Waals surface area contributed by atoms with Crippen molar-refractivity contribution >= 4 is 23.6 Å². The molecule has 1 saturated heterocycles. The molecular weight excluding hydrogens is 532 g/mol. The molecule has 4 aromatic rings. The quantitative estimate of drug-likeness (QED) is 0.230. The maximum Gasteiger partial charge on any atom is 0.309 e. The molecule has 0 radical (unpaired) electrons. The number of hydrogen-bond donors (Lipinski definition) is 2. The Morgan fingerprint density at radius 3 is 2.76 bits per heavy atom. The van der Waals surface area contributed by atoms with Crippen molar-refractivity contribution in [3.63, 3.8) is 0 Å². The zero-order valence-electron chi connectivity index (χ0n) is 24.2. The average molecular weight is 569 g/mol. The lowest BCUT2D eigenvalue weighted by molar-refractivity contribution is -0.146. The first-order chi connectivity index (χ1) is 20.3.